The average Bonchev–Trinajstić information content (AvgIpc) is 2.34. The number of nitrogens with zero attached hydrogens (tertiary/aromatic N) is 1. The molecule has 0 aliphatic carbocycles. The second kappa shape index (κ2) is 8.11. The molecule has 0 aliphatic rings. The van der Waals surface area contributed by atoms with Crippen molar-refractivity contribution in [2.24, 2.45) is 11.7 Å². The molecule has 0 saturated heterocycles. The molecule has 3 heteroatoms. The zero-order valence-electron chi connectivity index (χ0n) is 11.9. The van der Waals surface area contributed by atoms with Crippen molar-refractivity contribution in [3.63, 3.8) is 0 Å². The molecular formula is C15H26N2O. The second-order valence-corrected chi connectivity index (χ2v) is 5.21. The van der Waals surface area contributed by atoms with Crippen molar-refractivity contribution in [3.05, 3.63) is 29.8 Å². The van der Waals surface area contributed by atoms with Gasteiger partial charge in [-0.2, -0.15) is 0 Å². The van der Waals surface area contributed by atoms with Gasteiger partial charge >= 0.3 is 0 Å². The van der Waals surface area contributed by atoms with Crippen LogP contribution in [0, 0.1) is 5.92 Å². The molecule has 0 amide bonds. The van der Waals surface area contributed by atoms with E-state index in [0.29, 0.717) is 6.54 Å². The lowest BCUT2D eigenvalue weighted by Crippen LogP contribution is -2.25. The van der Waals surface area contributed by atoms with Crippen molar-refractivity contribution in [2.75, 3.05) is 26.7 Å². The minimum Gasteiger partial charge on any atom is -0.494 e. The number of hydrogen-bond acceptors (Lipinski definition) is 3. The predicted octanol–water partition coefficient (Wildman–Crippen LogP) is 2.50. The maximum atomic E-state index is 5.69. The summed E-state index contributed by atoms with van der Waals surface area (Å²) in [7, 11) is 2.16. The van der Waals surface area contributed by atoms with E-state index in [-0.39, 0.29) is 0 Å². The highest BCUT2D eigenvalue weighted by Crippen LogP contribution is 2.12. The molecule has 0 heterocycles. The number of benzene rings is 1. The van der Waals surface area contributed by atoms with E-state index in [2.05, 4.69) is 25.8 Å². The van der Waals surface area contributed by atoms with Crippen LogP contribution in [0.25, 0.3) is 0 Å². The summed E-state index contributed by atoms with van der Waals surface area (Å²) in [4.78, 5) is 2.35. The molecular weight excluding hydrogens is 224 g/mol. The third-order valence-electron chi connectivity index (χ3n) is 2.79. The van der Waals surface area contributed by atoms with E-state index in [0.717, 1.165) is 43.3 Å². The van der Waals surface area contributed by atoms with Gasteiger partial charge in [0.25, 0.3) is 0 Å². The monoisotopic (exact) mass is 250 g/mol. The van der Waals surface area contributed by atoms with Gasteiger partial charge in [0.05, 0.1) is 6.61 Å². The van der Waals surface area contributed by atoms with Crippen LogP contribution in [0.4, 0.5) is 0 Å². The molecule has 3 nitrogen and oxygen atoms in total. The standard InChI is InChI=1S/C15H26N2O/c1-13(2)12-17(3)9-4-10-18-15-7-5-14(11-16)6-8-15/h5-8,13H,4,9-12,16H2,1-3H3. The van der Waals surface area contributed by atoms with Crippen molar-refractivity contribution >= 4 is 0 Å². The molecule has 102 valence electrons. The predicted molar refractivity (Wildman–Crippen MR) is 76.8 cm³/mol. The Balaban J connectivity index is 2.17. The molecule has 2 N–H and O–H groups in total. The lowest BCUT2D eigenvalue weighted by Gasteiger charge is -2.18. The Hall–Kier alpha value is -1.06. The summed E-state index contributed by atoms with van der Waals surface area (Å²) in [5, 5.41) is 0. The van der Waals surface area contributed by atoms with E-state index < -0.39 is 0 Å². The molecule has 0 radical (unpaired) electrons. The van der Waals surface area contributed by atoms with Gasteiger partial charge in [-0.1, -0.05) is 26.0 Å². The minimum absolute atomic E-state index is 0.584. The van der Waals surface area contributed by atoms with Crippen LogP contribution in [0.1, 0.15) is 25.8 Å². The number of rotatable bonds is 8. The lowest BCUT2D eigenvalue weighted by molar-refractivity contribution is 0.247. The summed E-state index contributed by atoms with van der Waals surface area (Å²) >= 11 is 0. The zero-order chi connectivity index (χ0) is 13.4. The fourth-order valence-electron chi connectivity index (χ4n) is 1.96. The van der Waals surface area contributed by atoms with E-state index in [1.807, 2.05) is 24.3 Å². The third kappa shape index (κ3) is 6.03. The molecule has 0 aromatic heterocycles. The van der Waals surface area contributed by atoms with E-state index in [1.165, 1.54) is 0 Å². The molecule has 18 heavy (non-hydrogen) atoms. The summed E-state index contributed by atoms with van der Waals surface area (Å²) in [5.41, 5.74) is 6.69. The second-order valence-electron chi connectivity index (χ2n) is 5.21. The van der Waals surface area contributed by atoms with Gasteiger partial charge < -0.3 is 15.4 Å². The topological polar surface area (TPSA) is 38.5 Å². The Bertz CT molecular complexity index is 322. The van der Waals surface area contributed by atoms with E-state index in [1.54, 1.807) is 0 Å². The summed E-state index contributed by atoms with van der Waals surface area (Å²) in [5.74, 6) is 1.65. The normalized spacial score (nSPS) is 11.2. The lowest BCUT2D eigenvalue weighted by atomic mass is 10.2. The SMILES string of the molecule is CC(C)CN(C)CCCOc1ccc(CN)cc1. The van der Waals surface area contributed by atoms with Gasteiger partial charge in [0.15, 0.2) is 0 Å². The molecule has 0 bridgehead atoms. The van der Waals surface area contributed by atoms with Gasteiger partial charge in [0, 0.05) is 19.6 Å². The van der Waals surface area contributed by atoms with Crippen LogP contribution in [-0.4, -0.2) is 31.6 Å². The fourth-order valence-corrected chi connectivity index (χ4v) is 1.96. The van der Waals surface area contributed by atoms with Crippen molar-refractivity contribution in [1.29, 1.82) is 0 Å². The summed E-state index contributed by atoms with van der Waals surface area (Å²) < 4.78 is 5.69. The van der Waals surface area contributed by atoms with Crippen molar-refractivity contribution in [2.45, 2.75) is 26.8 Å². The first-order valence-corrected chi connectivity index (χ1v) is 6.72. The summed E-state index contributed by atoms with van der Waals surface area (Å²) in [6.45, 7) is 8.06. The van der Waals surface area contributed by atoms with Crippen LogP contribution < -0.4 is 10.5 Å². The number of hydrogen-bond donors (Lipinski definition) is 1. The highest BCUT2D eigenvalue weighted by molar-refractivity contribution is 5.26. The zero-order valence-corrected chi connectivity index (χ0v) is 11.9. The number of nitrogens with two attached hydrogens (primary N) is 1. The Morgan fingerprint density at radius 2 is 1.89 bits per heavy atom. The third-order valence-corrected chi connectivity index (χ3v) is 2.79. The van der Waals surface area contributed by atoms with E-state index in [4.69, 9.17) is 10.5 Å². The molecule has 0 saturated carbocycles. The molecule has 1 aromatic rings. The van der Waals surface area contributed by atoms with Crippen molar-refractivity contribution in [1.82, 2.24) is 4.90 Å². The molecule has 0 atom stereocenters. The van der Waals surface area contributed by atoms with Crippen LogP contribution in [0.2, 0.25) is 0 Å². The van der Waals surface area contributed by atoms with Crippen LogP contribution in [-0.2, 0) is 6.54 Å². The van der Waals surface area contributed by atoms with Crippen LogP contribution in [0.5, 0.6) is 5.75 Å². The van der Waals surface area contributed by atoms with Gasteiger partial charge in [0.2, 0.25) is 0 Å². The van der Waals surface area contributed by atoms with Gasteiger partial charge in [0.1, 0.15) is 5.75 Å². The molecule has 1 aromatic carbocycles. The first kappa shape index (κ1) is 15.0. The van der Waals surface area contributed by atoms with Gasteiger partial charge in [-0.15, -0.1) is 0 Å². The molecule has 0 fully saturated rings. The van der Waals surface area contributed by atoms with Crippen LogP contribution in [0.15, 0.2) is 24.3 Å². The Morgan fingerprint density at radius 1 is 1.22 bits per heavy atom. The molecule has 0 spiro atoms. The fraction of sp³-hybridized carbons (Fsp3) is 0.600. The smallest absolute Gasteiger partial charge is 0.119 e. The van der Waals surface area contributed by atoms with E-state index in [9.17, 15) is 0 Å². The maximum absolute atomic E-state index is 5.69. The number of ether oxygens (including phenoxy) is 1. The summed E-state index contributed by atoms with van der Waals surface area (Å²) in [6, 6.07) is 8.00. The first-order chi connectivity index (χ1) is 8.61. The average molecular weight is 250 g/mol. The Kier molecular flexibility index (Phi) is 6.76. The highest BCUT2D eigenvalue weighted by Gasteiger charge is 2.01. The highest BCUT2D eigenvalue weighted by atomic mass is 16.5. The van der Waals surface area contributed by atoms with Crippen molar-refractivity contribution < 1.29 is 4.74 Å². The largest absolute Gasteiger partial charge is 0.494 e. The molecule has 1 rings (SSSR count). The van der Waals surface area contributed by atoms with E-state index >= 15 is 0 Å². The maximum Gasteiger partial charge on any atom is 0.119 e. The quantitative estimate of drug-likeness (QED) is 0.720. The van der Waals surface area contributed by atoms with Gasteiger partial charge in [-0.25, -0.2) is 0 Å². The van der Waals surface area contributed by atoms with Crippen LogP contribution in [0.3, 0.4) is 0 Å². The molecule has 0 unspecified atom stereocenters. The minimum atomic E-state index is 0.584. The Labute approximate surface area is 111 Å². The molecule has 0 aliphatic heterocycles. The van der Waals surface area contributed by atoms with Crippen molar-refractivity contribution in [3.8, 4) is 5.75 Å². The van der Waals surface area contributed by atoms with Crippen LogP contribution >= 0.6 is 0 Å². The summed E-state index contributed by atoms with van der Waals surface area (Å²) in [6.07, 6.45) is 1.06. The van der Waals surface area contributed by atoms with Gasteiger partial charge in [-0.3, -0.25) is 0 Å². The first-order valence-electron chi connectivity index (χ1n) is 6.72. The van der Waals surface area contributed by atoms with Gasteiger partial charge in [-0.05, 0) is 37.1 Å². The Morgan fingerprint density at radius 3 is 2.44 bits per heavy atom.